The SMILES string of the molecule is CCCCCCC1(CCCCCC)c2ccccc2-c2cc(-c3ccc4c(c3)C(CCCCCC)(CCCCCC)c3ccccc3-4)ccc21. The van der Waals surface area contributed by atoms with Gasteiger partial charge in [-0.25, -0.2) is 0 Å². The summed E-state index contributed by atoms with van der Waals surface area (Å²) in [6.07, 6.45) is 26.3. The lowest BCUT2D eigenvalue weighted by atomic mass is 9.70. The fraction of sp³-hybridized carbons (Fsp3) is 0.520. The van der Waals surface area contributed by atoms with Gasteiger partial charge >= 0.3 is 0 Å². The molecular weight excluding hydrogens is 601 g/mol. The Kier molecular flexibility index (Phi) is 12.8. The molecule has 266 valence electrons. The van der Waals surface area contributed by atoms with E-state index in [9.17, 15) is 0 Å². The largest absolute Gasteiger partial charge is 0.0654 e. The van der Waals surface area contributed by atoms with Gasteiger partial charge in [0.1, 0.15) is 0 Å². The van der Waals surface area contributed by atoms with E-state index in [1.54, 1.807) is 22.3 Å². The molecule has 0 heterocycles. The van der Waals surface area contributed by atoms with Crippen molar-refractivity contribution >= 4 is 0 Å². The van der Waals surface area contributed by atoms with Crippen molar-refractivity contribution in [3.05, 3.63) is 107 Å². The lowest BCUT2D eigenvalue weighted by Crippen LogP contribution is -2.25. The molecule has 0 radical (unpaired) electrons. The summed E-state index contributed by atoms with van der Waals surface area (Å²) in [5.41, 5.74) is 15.4. The minimum atomic E-state index is 0.124. The Balaban J connectivity index is 1.41. The minimum absolute atomic E-state index is 0.124. The molecule has 50 heavy (non-hydrogen) atoms. The van der Waals surface area contributed by atoms with Crippen LogP contribution in [0.15, 0.2) is 84.9 Å². The summed E-state index contributed by atoms with van der Waals surface area (Å²) in [6, 6.07) is 34.1. The van der Waals surface area contributed by atoms with Gasteiger partial charge in [-0.3, -0.25) is 0 Å². The van der Waals surface area contributed by atoms with Crippen molar-refractivity contribution in [3.63, 3.8) is 0 Å². The van der Waals surface area contributed by atoms with E-state index in [-0.39, 0.29) is 10.8 Å². The van der Waals surface area contributed by atoms with Crippen LogP contribution in [0.2, 0.25) is 0 Å². The van der Waals surface area contributed by atoms with Gasteiger partial charge in [0.25, 0.3) is 0 Å². The number of hydrogen-bond acceptors (Lipinski definition) is 0. The first-order valence-electron chi connectivity index (χ1n) is 21.1. The lowest BCUT2D eigenvalue weighted by Gasteiger charge is -2.33. The van der Waals surface area contributed by atoms with E-state index in [0.717, 1.165) is 0 Å². The van der Waals surface area contributed by atoms with Gasteiger partial charge < -0.3 is 0 Å². The van der Waals surface area contributed by atoms with Crippen LogP contribution in [0.5, 0.6) is 0 Å². The Hall–Kier alpha value is -3.12. The Morgan fingerprint density at radius 2 is 0.700 bits per heavy atom. The topological polar surface area (TPSA) is 0 Å². The molecule has 0 heteroatoms. The Morgan fingerprint density at radius 3 is 1.20 bits per heavy atom. The molecule has 0 saturated carbocycles. The van der Waals surface area contributed by atoms with Crippen LogP contribution >= 0.6 is 0 Å². The normalized spacial score (nSPS) is 14.7. The van der Waals surface area contributed by atoms with E-state index in [2.05, 4.69) is 113 Å². The van der Waals surface area contributed by atoms with E-state index in [1.165, 1.54) is 162 Å². The zero-order valence-corrected chi connectivity index (χ0v) is 32.2. The van der Waals surface area contributed by atoms with Crippen molar-refractivity contribution in [3.8, 4) is 33.4 Å². The molecule has 0 spiro atoms. The van der Waals surface area contributed by atoms with Gasteiger partial charge in [0.05, 0.1) is 0 Å². The molecule has 0 atom stereocenters. The van der Waals surface area contributed by atoms with Crippen LogP contribution in [0.4, 0.5) is 0 Å². The molecule has 2 aliphatic rings. The van der Waals surface area contributed by atoms with Gasteiger partial charge in [-0.05, 0) is 93.5 Å². The van der Waals surface area contributed by atoms with Gasteiger partial charge in [-0.2, -0.15) is 0 Å². The summed E-state index contributed by atoms with van der Waals surface area (Å²) >= 11 is 0. The highest BCUT2D eigenvalue weighted by Crippen LogP contribution is 2.57. The van der Waals surface area contributed by atoms with Crippen LogP contribution < -0.4 is 0 Å². The monoisotopic (exact) mass is 667 g/mol. The summed E-state index contributed by atoms with van der Waals surface area (Å²) in [5, 5.41) is 0. The molecule has 0 nitrogen and oxygen atoms in total. The molecule has 0 aromatic heterocycles. The third kappa shape index (κ3) is 7.29. The third-order valence-corrected chi connectivity index (χ3v) is 12.7. The van der Waals surface area contributed by atoms with Crippen molar-refractivity contribution in [1.29, 1.82) is 0 Å². The summed E-state index contributed by atoms with van der Waals surface area (Å²) < 4.78 is 0. The molecule has 4 aromatic carbocycles. The van der Waals surface area contributed by atoms with Crippen molar-refractivity contribution < 1.29 is 0 Å². The van der Waals surface area contributed by atoms with Gasteiger partial charge in [0, 0.05) is 10.8 Å². The van der Waals surface area contributed by atoms with E-state index in [0.29, 0.717) is 0 Å². The average Bonchev–Trinajstić information content (AvgIpc) is 3.59. The molecule has 0 unspecified atom stereocenters. The second-order valence-electron chi connectivity index (χ2n) is 16.0. The Labute approximate surface area is 306 Å². The average molecular weight is 667 g/mol. The molecule has 0 aliphatic heterocycles. The van der Waals surface area contributed by atoms with Gasteiger partial charge in [-0.15, -0.1) is 0 Å². The summed E-state index contributed by atoms with van der Waals surface area (Å²) in [6.45, 7) is 9.35. The van der Waals surface area contributed by atoms with Crippen LogP contribution in [0.1, 0.15) is 178 Å². The zero-order valence-electron chi connectivity index (χ0n) is 32.2. The highest BCUT2D eigenvalue weighted by atomic mass is 14.5. The predicted molar refractivity (Wildman–Crippen MR) is 219 cm³/mol. The molecule has 0 fully saturated rings. The second kappa shape index (κ2) is 17.4. The van der Waals surface area contributed by atoms with E-state index >= 15 is 0 Å². The van der Waals surface area contributed by atoms with Crippen LogP contribution in [-0.4, -0.2) is 0 Å². The van der Waals surface area contributed by atoms with Crippen LogP contribution in [0.25, 0.3) is 33.4 Å². The molecule has 2 aliphatic carbocycles. The number of hydrogen-bond donors (Lipinski definition) is 0. The highest BCUT2D eigenvalue weighted by Gasteiger charge is 2.44. The molecular formula is C50H66. The summed E-state index contributed by atoms with van der Waals surface area (Å²) in [4.78, 5) is 0. The summed E-state index contributed by atoms with van der Waals surface area (Å²) in [5.74, 6) is 0. The first-order chi connectivity index (χ1) is 24.6. The summed E-state index contributed by atoms with van der Waals surface area (Å²) in [7, 11) is 0. The molecule has 6 rings (SSSR count). The molecule has 0 amide bonds. The fourth-order valence-corrected chi connectivity index (χ4v) is 10.0. The van der Waals surface area contributed by atoms with Gasteiger partial charge in [0.2, 0.25) is 0 Å². The van der Waals surface area contributed by atoms with Crippen LogP contribution in [0, 0.1) is 0 Å². The van der Waals surface area contributed by atoms with E-state index in [4.69, 9.17) is 0 Å². The van der Waals surface area contributed by atoms with Crippen molar-refractivity contribution in [1.82, 2.24) is 0 Å². The molecule has 0 saturated heterocycles. The first kappa shape index (κ1) is 36.7. The maximum atomic E-state index is 2.64. The second-order valence-corrected chi connectivity index (χ2v) is 16.0. The van der Waals surface area contributed by atoms with E-state index < -0.39 is 0 Å². The predicted octanol–water partition coefficient (Wildman–Crippen LogP) is 15.8. The van der Waals surface area contributed by atoms with Crippen LogP contribution in [-0.2, 0) is 10.8 Å². The first-order valence-corrected chi connectivity index (χ1v) is 21.1. The zero-order chi connectivity index (χ0) is 34.8. The van der Waals surface area contributed by atoms with E-state index in [1.807, 2.05) is 0 Å². The minimum Gasteiger partial charge on any atom is -0.0654 e. The number of rotatable bonds is 21. The maximum Gasteiger partial charge on any atom is 0.0215 e. The fourth-order valence-electron chi connectivity index (χ4n) is 10.0. The Bertz CT molecular complexity index is 1650. The van der Waals surface area contributed by atoms with Gasteiger partial charge in [0.15, 0.2) is 0 Å². The molecule has 0 N–H and O–H groups in total. The van der Waals surface area contributed by atoms with Crippen molar-refractivity contribution in [2.45, 2.75) is 167 Å². The number of unbranched alkanes of at least 4 members (excludes halogenated alkanes) is 12. The lowest BCUT2D eigenvalue weighted by molar-refractivity contribution is 0.401. The van der Waals surface area contributed by atoms with Gasteiger partial charge in [-0.1, -0.05) is 203 Å². The highest BCUT2D eigenvalue weighted by molar-refractivity contribution is 5.87. The quantitative estimate of drug-likeness (QED) is 0.0776. The van der Waals surface area contributed by atoms with Crippen LogP contribution in [0.3, 0.4) is 0 Å². The Morgan fingerprint density at radius 1 is 0.320 bits per heavy atom. The van der Waals surface area contributed by atoms with Crippen molar-refractivity contribution in [2.24, 2.45) is 0 Å². The number of fused-ring (bicyclic) bond motifs is 6. The smallest absolute Gasteiger partial charge is 0.0215 e. The third-order valence-electron chi connectivity index (χ3n) is 12.7. The number of benzene rings is 4. The molecule has 0 bridgehead atoms. The standard InChI is InChI=1S/C50H66/c1-5-9-13-21-33-49(34-22-14-10-6-2)46-28-20-18-26-42(46)44-37-39(30-32-47(44)49)40-29-31-43-41-25-17-19-27-45(41)50(48(43)38-40,35-23-15-11-7-3)36-24-16-12-8-4/h17-20,25-32,37-38H,5-16,21-24,33-36H2,1-4H3. The van der Waals surface area contributed by atoms with Crippen molar-refractivity contribution in [2.75, 3.05) is 0 Å². The molecule has 4 aromatic rings. The maximum absolute atomic E-state index is 2.64.